The Morgan fingerprint density at radius 2 is 0.447 bits per heavy atom. The third-order valence-corrected chi connectivity index (χ3v) is 19.2. The first-order valence-electron chi connectivity index (χ1n) is 38.7. The number of carbonyl (C=O) groups excluding carboxylic acids is 4. The van der Waals surface area contributed by atoms with Crippen molar-refractivity contribution in [2.45, 2.75) is 395 Å². The number of aliphatic hydroxyl groups excluding tert-OH is 1. The van der Waals surface area contributed by atoms with Crippen LogP contribution in [0.1, 0.15) is 376 Å². The monoisotopic (exact) mass is 1380 g/mol. The molecular formula is C75H146O17P2. The highest BCUT2D eigenvalue weighted by Crippen LogP contribution is 2.45. The molecule has 0 spiro atoms. The second kappa shape index (κ2) is 64.4. The Morgan fingerprint density at radius 1 is 0.266 bits per heavy atom. The van der Waals surface area contributed by atoms with Crippen LogP contribution in [0.5, 0.6) is 0 Å². The summed E-state index contributed by atoms with van der Waals surface area (Å²) >= 11 is 0. The molecule has 19 heteroatoms. The van der Waals surface area contributed by atoms with Gasteiger partial charge in [-0.15, -0.1) is 0 Å². The van der Waals surface area contributed by atoms with Crippen molar-refractivity contribution in [3.8, 4) is 0 Å². The predicted octanol–water partition coefficient (Wildman–Crippen LogP) is 21.7. The Kier molecular flexibility index (Phi) is 63.1. The van der Waals surface area contributed by atoms with E-state index in [1.54, 1.807) is 0 Å². The number of rotatable bonds is 72. The van der Waals surface area contributed by atoms with E-state index in [0.717, 1.165) is 114 Å². The molecule has 0 aliphatic rings. The zero-order valence-corrected chi connectivity index (χ0v) is 63.4. The fourth-order valence-electron chi connectivity index (χ4n) is 11.4. The van der Waals surface area contributed by atoms with Crippen LogP contribution in [0.15, 0.2) is 0 Å². The first-order valence-corrected chi connectivity index (χ1v) is 41.7. The van der Waals surface area contributed by atoms with Crippen LogP contribution < -0.4 is 0 Å². The zero-order chi connectivity index (χ0) is 69.6. The lowest BCUT2D eigenvalue weighted by atomic mass is 10.0. The smallest absolute Gasteiger partial charge is 0.462 e. The third-order valence-electron chi connectivity index (χ3n) is 17.3. The van der Waals surface area contributed by atoms with Crippen molar-refractivity contribution in [2.75, 3.05) is 39.6 Å². The average Bonchev–Trinajstić information content (AvgIpc) is 1.52. The summed E-state index contributed by atoms with van der Waals surface area (Å²) in [6.07, 6.45) is 48.7. The van der Waals surface area contributed by atoms with E-state index in [-0.39, 0.29) is 25.7 Å². The van der Waals surface area contributed by atoms with E-state index in [0.29, 0.717) is 31.6 Å². The van der Waals surface area contributed by atoms with Crippen molar-refractivity contribution in [1.82, 2.24) is 0 Å². The van der Waals surface area contributed by atoms with Crippen LogP contribution in [-0.2, 0) is 65.4 Å². The van der Waals surface area contributed by atoms with Gasteiger partial charge in [-0.3, -0.25) is 37.3 Å². The van der Waals surface area contributed by atoms with Gasteiger partial charge in [-0.25, -0.2) is 9.13 Å². The van der Waals surface area contributed by atoms with Crippen molar-refractivity contribution in [3.05, 3.63) is 0 Å². The second-order valence-corrected chi connectivity index (χ2v) is 31.9. The van der Waals surface area contributed by atoms with Gasteiger partial charge in [-0.1, -0.05) is 325 Å². The lowest BCUT2D eigenvalue weighted by molar-refractivity contribution is -0.161. The summed E-state index contributed by atoms with van der Waals surface area (Å²) < 4.78 is 68.5. The van der Waals surface area contributed by atoms with Gasteiger partial charge < -0.3 is 33.8 Å². The molecule has 0 saturated carbocycles. The van der Waals surface area contributed by atoms with E-state index in [1.807, 2.05) is 0 Å². The number of unbranched alkanes of at least 4 members (excludes halogenated alkanes) is 38. The molecule has 558 valence electrons. The summed E-state index contributed by atoms with van der Waals surface area (Å²) in [6.45, 7) is 14.1. The molecule has 2 unspecified atom stereocenters. The number of carbonyl (C=O) groups is 4. The van der Waals surface area contributed by atoms with Crippen LogP contribution in [-0.4, -0.2) is 96.7 Å². The van der Waals surface area contributed by atoms with Gasteiger partial charge in [-0.05, 0) is 49.4 Å². The van der Waals surface area contributed by atoms with Crippen molar-refractivity contribution >= 4 is 39.5 Å². The average molecular weight is 1380 g/mol. The molecule has 0 aliphatic carbocycles. The van der Waals surface area contributed by atoms with Gasteiger partial charge >= 0.3 is 39.5 Å². The quantitative estimate of drug-likeness (QED) is 0.0222. The minimum atomic E-state index is -4.96. The summed E-state index contributed by atoms with van der Waals surface area (Å²) in [5, 5.41) is 10.6. The maximum Gasteiger partial charge on any atom is 0.472 e. The lowest BCUT2D eigenvalue weighted by Crippen LogP contribution is -2.30. The molecule has 0 bridgehead atoms. The highest BCUT2D eigenvalue weighted by Gasteiger charge is 2.30. The molecule has 94 heavy (non-hydrogen) atoms. The van der Waals surface area contributed by atoms with E-state index in [1.165, 1.54) is 173 Å². The molecule has 5 atom stereocenters. The molecule has 0 rings (SSSR count). The van der Waals surface area contributed by atoms with Crippen LogP contribution >= 0.6 is 15.6 Å². The topological polar surface area (TPSA) is 237 Å². The molecule has 17 nitrogen and oxygen atoms in total. The number of hydrogen-bond acceptors (Lipinski definition) is 15. The van der Waals surface area contributed by atoms with Crippen LogP contribution in [0.2, 0.25) is 0 Å². The summed E-state index contributed by atoms with van der Waals surface area (Å²) in [7, 11) is -9.91. The van der Waals surface area contributed by atoms with E-state index in [2.05, 4.69) is 55.4 Å². The molecule has 0 saturated heterocycles. The van der Waals surface area contributed by atoms with Crippen LogP contribution in [0.25, 0.3) is 0 Å². The maximum atomic E-state index is 13.1. The first-order chi connectivity index (χ1) is 45.1. The summed E-state index contributed by atoms with van der Waals surface area (Å²) in [6, 6.07) is 0. The van der Waals surface area contributed by atoms with Gasteiger partial charge in [-0.2, -0.15) is 0 Å². The first kappa shape index (κ1) is 92.1. The van der Waals surface area contributed by atoms with Gasteiger partial charge in [0.15, 0.2) is 12.2 Å². The fraction of sp³-hybridized carbons (Fsp3) is 0.947. The van der Waals surface area contributed by atoms with Crippen molar-refractivity contribution in [1.29, 1.82) is 0 Å². The molecule has 0 amide bonds. The number of hydrogen-bond donors (Lipinski definition) is 3. The van der Waals surface area contributed by atoms with E-state index >= 15 is 0 Å². The Bertz CT molecular complexity index is 1850. The van der Waals surface area contributed by atoms with Crippen molar-refractivity contribution in [3.63, 3.8) is 0 Å². The summed E-state index contributed by atoms with van der Waals surface area (Å²) in [4.78, 5) is 72.7. The van der Waals surface area contributed by atoms with E-state index in [9.17, 15) is 43.2 Å². The lowest BCUT2D eigenvalue weighted by Gasteiger charge is -2.21. The van der Waals surface area contributed by atoms with E-state index in [4.69, 9.17) is 37.0 Å². The van der Waals surface area contributed by atoms with Crippen LogP contribution in [0.3, 0.4) is 0 Å². The molecule has 0 fully saturated rings. The van der Waals surface area contributed by atoms with Gasteiger partial charge in [0.25, 0.3) is 0 Å². The standard InChI is InChI=1S/C75H146O17P2/c1-65(2)51-43-35-27-21-15-11-9-10-12-17-24-30-39-47-55-72(77)85-61-70(91-75(80)58-50-42-32-26-20-19-23-29-37-45-53-67(5)6)63-89-93(81,82)87-59-69(76)60-88-94(83,84)90-64-71(62-86-73(78)56-48-40-34-33-38-46-54-68(7)8)92-74(79)57-49-41-31-25-18-14-13-16-22-28-36-44-52-66(3)4/h65-71,76H,9-64H2,1-8H3,(H,81,82)(H,83,84)/t69-,70-,71-/m1/s1. The number of aliphatic hydroxyl groups is 1. The number of esters is 4. The minimum absolute atomic E-state index is 0.105. The second-order valence-electron chi connectivity index (χ2n) is 28.9. The minimum Gasteiger partial charge on any atom is -0.462 e. The van der Waals surface area contributed by atoms with Crippen LogP contribution in [0.4, 0.5) is 0 Å². The Morgan fingerprint density at radius 3 is 0.660 bits per heavy atom. The summed E-state index contributed by atoms with van der Waals surface area (Å²) in [5.74, 6) is 0.884. The van der Waals surface area contributed by atoms with Crippen LogP contribution in [0, 0.1) is 23.7 Å². The third kappa shape index (κ3) is 68.6. The van der Waals surface area contributed by atoms with Gasteiger partial charge in [0.05, 0.1) is 26.4 Å². The van der Waals surface area contributed by atoms with E-state index < -0.39 is 97.5 Å². The molecule has 0 aromatic rings. The normalized spacial score (nSPS) is 14.2. The molecule has 3 N–H and O–H groups in total. The van der Waals surface area contributed by atoms with Gasteiger partial charge in [0, 0.05) is 25.7 Å². The molecule has 0 aromatic carbocycles. The van der Waals surface area contributed by atoms with Gasteiger partial charge in [0.2, 0.25) is 0 Å². The number of ether oxygens (including phenoxy) is 4. The summed E-state index contributed by atoms with van der Waals surface area (Å²) in [5.41, 5.74) is 0. The Balaban J connectivity index is 5.23. The highest BCUT2D eigenvalue weighted by molar-refractivity contribution is 7.47. The molecule has 0 aliphatic heterocycles. The Hall–Kier alpha value is -1.94. The fourth-order valence-corrected chi connectivity index (χ4v) is 13.0. The van der Waals surface area contributed by atoms with Crippen molar-refractivity contribution in [2.24, 2.45) is 23.7 Å². The number of phosphoric acid groups is 2. The van der Waals surface area contributed by atoms with Gasteiger partial charge in [0.1, 0.15) is 19.3 Å². The molecule has 0 heterocycles. The zero-order valence-electron chi connectivity index (χ0n) is 61.6. The Labute approximate surface area is 575 Å². The largest absolute Gasteiger partial charge is 0.472 e. The maximum absolute atomic E-state index is 13.1. The predicted molar refractivity (Wildman–Crippen MR) is 381 cm³/mol. The molecular weight excluding hydrogens is 1230 g/mol. The highest BCUT2D eigenvalue weighted by atomic mass is 31.2. The number of phosphoric ester groups is 2. The SMILES string of the molecule is CC(C)CCCCCCCCCCCCCCCCC(=O)OC[C@H](COP(=O)(O)OC[C@@H](O)COP(=O)(O)OC[C@@H](COC(=O)CCCCCCCCC(C)C)OC(=O)CCCCCCCCCCCCCCC(C)C)OC(=O)CCCCCCCCCCCCC(C)C. The molecule has 0 radical (unpaired) electrons. The van der Waals surface area contributed by atoms with Crippen molar-refractivity contribution < 1.29 is 80.2 Å². The molecule has 0 aromatic heterocycles.